The Balaban J connectivity index is 1.26. The Morgan fingerprint density at radius 1 is 1.03 bits per heavy atom. The van der Waals surface area contributed by atoms with Gasteiger partial charge in [-0.25, -0.2) is 4.79 Å². The van der Waals surface area contributed by atoms with Crippen molar-refractivity contribution in [2.75, 3.05) is 44.6 Å². The minimum atomic E-state index is -4.60. The van der Waals surface area contributed by atoms with E-state index in [4.69, 9.17) is 16.0 Å². The molecule has 0 bridgehead atoms. The van der Waals surface area contributed by atoms with Crippen molar-refractivity contribution in [1.82, 2.24) is 14.4 Å². The molecule has 1 N–H and O–H groups in total. The highest BCUT2D eigenvalue weighted by molar-refractivity contribution is 6.31. The lowest BCUT2D eigenvalue weighted by Crippen LogP contribution is -2.49. The summed E-state index contributed by atoms with van der Waals surface area (Å²) in [6.07, 6.45) is -4.60. The van der Waals surface area contributed by atoms with Gasteiger partial charge in [0.1, 0.15) is 0 Å². The highest BCUT2D eigenvalue weighted by atomic mass is 35.5. The number of benzene rings is 2. The van der Waals surface area contributed by atoms with Gasteiger partial charge in [0.25, 0.3) is 0 Å². The van der Waals surface area contributed by atoms with Crippen molar-refractivity contribution in [1.29, 1.82) is 0 Å². The molecule has 1 aromatic heterocycles. The van der Waals surface area contributed by atoms with Crippen LogP contribution < -0.4 is 11.1 Å². The summed E-state index contributed by atoms with van der Waals surface area (Å²) in [5.74, 6) is -0.780. The first-order valence-electron chi connectivity index (χ1n) is 10.4. The number of nitrogens with zero attached hydrogens (tertiary/aromatic N) is 3. The number of hydrogen-bond donors (Lipinski definition) is 1. The van der Waals surface area contributed by atoms with Crippen molar-refractivity contribution in [3.05, 3.63) is 63.6 Å². The summed E-state index contributed by atoms with van der Waals surface area (Å²) in [5.41, 5.74) is 0.378. The molecule has 1 aliphatic heterocycles. The molecule has 1 fully saturated rings. The van der Waals surface area contributed by atoms with Crippen molar-refractivity contribution >= 4 is 34.3 Å². The van der Waals surface area contributed by atoms with Gasteiger partial charge in [0.2, 0.25) is 5.91 Å². The lowest BCUT2D eigenvalue weighted by Gasteiger charge is -2.34. The van der Waals surface area contributed by atoms with Gasteiger partial charge < -0.3 is 9.73 Å². The topological polar surface area (TPSA) is 70.7 Å². The molecule has 1 saturated heterocycles. The first-order valence-corrected chi connectivity index (χ1v) is 10.8. The predicted molar refractivity (Wildman–Crippen MR) is 118 cm³/mol. The van der Waals surface area contributed by atoms with Crippen molar-refractivity contribution in [2.24, 2.45) is 0 Å². The third-order valence-electron chi connectivity index (χ3n) is 5.60. The summed E-state index contributed by atoms with van der Waals surface area (Å²) in [5, 5.41) is 2.09. The van der Waals surface area contributed by atoms with Crippen LogP contribution in [0.5, 0.6) is 0 Å². The second-order valence-electron chi connectivity index (χ2n) is 7.85. The Hall–Kier alpha value is -2.82. The van der Waals surface area contributed by atoms with Crippen LogP contribution in [0, 0.1) is 0 Å². The van der Waals surface area contributed by atoms with E-state index in [1.807, 2.05) is 23.1 Å². The van der Waals surface area contributed by atoms with Gasteiger partial charge in [0, 0.05) is 45.0 Å². The molecule has 0 aliphatic carbocycles. The summed E-state index contributed by atoms with van der Waals surface area (Å²) in [7, 11) is 0. The number of piperazine rings is 1. The average molecular weight is 483 g/mol. The Morgan fingerprint density at radius 3 is 2.45 bits per heavy atom. The van der Waals surface area contributed by atoms with Crippen LogP contribution >= 0.6 is 11.6 Å². The van der Waals surface area contributed by atoms with Crippen LogP contribution in [0.1, 0.15) is 5.56 Å². The van der Waals surface area contributed by atoms with E-state index in [0.29, 0.717) is 44.9 Å². The monoisotopic (exact) mass is 482 g/mol. The minimum absolute atomic E-state index is 0.0492. The zero-order chi connectivity index (χ0) is 23.6. The van der Waals surface area contributed by atoms with Crippen LogP contribution in [0.4, 0.5) is 18.9 Å². The van der Waals surface area contributed by atoms with Crippen LogP contribution in [-0.4, -0.2) is 59.5 Å². The second-order valence-corrected chi connectivity index (χ2v) is 8.25. The molecular weight excluding hydrogens is 461 g/mol. The molecular formula is C22H22ClF3N4O3. The number of nitrogens with one attached hydrogen (secondary N) is 1. The van der Waals surface area contributed by atoms with Crippen molar-refractivity contribution < 1.29 is 22.4 Å². The molecule has 0 saturated carbocycles. The molecule has 3 aromatic rings. The number of fused-ring (bicyclic) bond motifs is 1. The first-order chi connectivity index (χ1) is 15.7. The second kappa shape index (κ2) is 9.58. The predicted octanol–water partition coefficient (Wildman–Crippen LogP) is 3.52. The summed E-state index contributed by atoms with van der Waals surface area (Å²) in [6.45, 7) is 3.90. The Morgan fingerprint density at radius 2 is 1.73 bits per heavy atom. The average Bonchev–Trinajstić information content (AvgIpc) is 3.09. The maximum atomic E-state index is 13.0. The quantitative estimate of drug-likeness (QED) is 0.582. The normalized spacial score (nSPS) is 15.8. The third kappa shape index (κ3) is 5.58. The molecule has 176 valence electrons. The van der Waals surface area contributed by atoms with Crippen LogP contribution in [-0.2, 0) is 17.5 Å². The van der Waals surface area contributed by atoms with Crippen LogP contribution in [0.3, 0.4) is 0 Å². The highest BCUT2D eigenvalue weighted by Crippen LogP contribution is 2.36. The van der Waals surface area contributed by atoms with Crippen molar-refractivity contribution in [3.63, 3.8) is 0 Å². The molecule has 0 atom stereocenters. The number of amides is 1. The standard InChI is InChI=1S/C22H22ClF3N4O3/c23-17-6-5-15(13-16(17)22(24,25)26)27-20(31)14-29-9-7-28(8-10-29)11-12-30-18-3-1-2-4-19(18)33-21(30)32/h1-6,13H,7-12,14H2,(H,27,31). The number of para-hydroxylation sites is 2. The summed E-state index contributed by atoms with van der Waals surface area (Å²) in [4.78, 5) is 28.5. The van der Waals surface area contributed by atoms with Gasteiger partial charge in [0.05, 0.1) is 22.6 Å². The molecule has 33 heavy (non-hydrogen) atoms. The van der Waals surface area contributed by atoms with E-state index in [0.717, 1.165) is 17.6 Å². The zero-order valence-electron chi connectivity index (χ0n) is 17.6. The molecule has 4 rings (SSSR count). The van der Waals surface area contributed by atoms with Crippen molar-refractivity contribution in [3.8, 4) is 0 Å². The number of hydrogen-bond acceptors (Lipinski definition) is 5. The minimum Gasteiger partial charge on any atom is -0.408 e. The fourth-order valence-electron chi connectivity index (χ4n) is 3.86. The molecule has 2 heterocycles. The number of halogens is 4. The third-order valence-corrected chi connectivity index (χ3v) is 5.93. The van der Waals surface area contributed by atoms with Gasteiger partial charge in [-0.15, -0.1) is 0 Å². The maximum Gasteiger partial charge on any atom is 0.419 e. The molecule has 2 aromatic carbocycles. The van der Waals surface area contributed by atoms with Crippen LogP contribution in [0.15, 0.2) is 51.7 Å². The number of alkyl halides is 3. The fourth-order valence-corrected chi connectivity index (χ4v) is 4.09. The molecule has 1 amide bonds. The molecule has 0 spiro atoms. The van der Waals surface area contributed by atoms with E-state index in [1.165, 1.54) is 6.07 Å². The molecule has 0 unspecified atom stereocenters. The van der Waals surface area contributed by atoms with Gasteiger partial charge >= 0.3 is 11.9 Å². The molecule has 1 aliphatic rings. The molecule has 0 radical (unpaired) electrons. The SMILES string of the molecule is O=C(CN1CCN(CCn2c(=O)oc3ccccc32)CC1)Nc1ccc(Cl)c(C(F)(F)F)c1. The van der Waals surface area contributed by atoms with E-state index in [9.17, 15) is 22.8 Å². The molecule has 11 heteroatoms. The van der Waals surface area contributed by atoms with Gasteiger partial charge in [0.15, 0.2) is 5.58 Å². The van der Waals surface area contributed by atoms with E-state index in [1.54, 1.807) is 10.6 Å². The van der Waals surface area contributed by atoms with Crippen molar-refractivity contribution in [2.45, 2.75) is 12.7 Å². The maximum absolute atomic E-state index is 13.0. The van der Waals surface area contributed by atoms with Gasteiger partial charge in [-0.05, 0) is 30.3 Å². The first kappa shape index (κ1) is 23.3. The van der Waals surface area contributed by atoms with Gasteiger partial charge in [-0.2, -0.15) is 13.2 Å². The Bertz CT molecular complexity index is 1200. The number of carbonyl (C=O) groups is 1. The highest BCUT2D eigenvalue weighted by Gasteiger charge is 2.33. The lowest BCUT2D eigenvalue weighted by molar-refractivity contribution is -0.137. The largest absolute Gasteiger partial charge is 0.419 e. The van der Waals surface area contributed by atoms with Crippen LogP contribution in [0.25, 0.3) is 11.1 Å². The summed E-state index contributed by atoms with van der Waals surface area (Å²) in [6, 6.07) is 10.6. The zero-order valence-corrected chi connectivity index (χ0v) is 18.3. The Kier molecular flexibility index (Phi) is 6.78. The number of rotatable bonds is 6. The summed E-state index contributed by atoms with van der Waals surface area (Å²) >= 11 is 5.61. The van der Waals surface area contributed by atoms with E-state index in [2.05, 4.69) is 10.2 Å². The smallest absolute Gasteiger partial charge is 0.408 e. The lowest BCUT2D eigenvalue weighted by atomic mass is 10.2. The van der Waals surface area contributed by atoms with Gasteiger partial charge in [-0.3, -0.25) is 19.2 Å². The number of oxazole rings is 1. The molecule has 7 nitrogen and oxygen atoms in total. The van der Waals surface area contributed by atoms with E-state index < -0.39 is 22.7 Å². The Labute approximate surface area is 192 Å². The van der Waals surface area contributed by atoms with E-state index >= 15 is 0 Å². The van der Waals surface area contributed by atoms with Crippen LogP contribution in [0.2, 0.25) is 5.02 Å². The number of anilines is 1. The summed E-state index contributed by atoms with van der Waals surface area (Å²) < 4.78 is 45.8. The fraction of sp³-hybridized carbons (Fsp3) is 0.364. The van der Waals surface area contributed by atoms with E-state index in [-0.39, 0.29) is 18.0 Å². The number of carbonyl (C=O) groups excluding carboxylic acids is 1. The van der Waals surface area contributed by atoms with Gasteiger partial charge in [-0.1, -0.05) is 23.7 Å². The number of aromatic nitrogens is 1.